The number of ketones is 1. The van der Waals surface area contributed by atoms with Gasteiger partial charge >= 0.3 is 12.3 Å². The van der Waals surface area contributed by atoms with E-state index in [1.807, 2.05) is 0 Å². The van der Waals surface area contributed by atoms with Gasteiger partial charge in [0, 0.05) is 24.2 Å². The molecule has 3 fully saturated rings. The molecule has 166 valence electrons. The molecule has 0 unspecified atom stereocenters. The lowest BCUT2D eigenvalue weighted by Gasteiger charge is -2.58. The highest BCUT2D eigenvalue weighted by molar-refractivity contribution is 5.87. The van der Waals surface area contributed by atoms with Crippen molar-refractivity contribution >= 4 is 18.1 Å². The average Bonchev–Trinajstić information content (AvgIpc) is 3.03. The second-order valence-electron chi connectivity index (χ2n) is 9.79. The standard InChI is InChI=1S/C23H32O7/c1-22-9-7-14(29-20(25)27-3)11-13(22)12-17(30-21(26)28-4)19-15-5-6-18(24)23(15,2)10-8-16(19)22/h12,14-17,19H,5-11H2,1-4H3/t14-,15-,16-,17-,19-,22-,23-/m0/s1. The molecule has 0 aromatic carbocycles. The van der Waals surface area contributed by atoms with Crippen LogP contribution in [0.4, 0.5) is 9.59 Å². The molecule has 30 heavy (non-hydrogen) atoms. The highest BCUT2D eigenvalue weighted by Gasteiger charge is 2.61. The van der Waals surface area contributed by atoms with Crippen LogP contribution in [0.25, 0.3) is 0 Å². The number of fused-ring (bicyclic) bond motifs is 5. The SMILES string of the molecule is COC(=O)O[C@H]1CC[C@@]2(C)C(=C[C@H](OC(=O)OC)[C@@H]3[C@@H]2CC[C@]2(C)C(=O)CC[C@@H]32)C1. The molecule has 3 saturated carbocycles. The number of carbonyl (C=O) groups excluding carboxylic acids is 3. The molecule has 7 atom stereocenters. The predicted molar refractivity (Wildman–Crippen MR) is 107 cm³/mol. The van der Waals surface area contributed by atoms with Gasteiger partial charge in [0.15, 0.2) is 0 Å². The number of hydrogen-bond acceptors (Lipinski definition) is 7. The molecular weight excluding hydrogens is 388 g/mol. The summed E-state index contributed by atoms with van der Waals surface area (Å²) in [6.45, 7) is 4.39. The number of methoxy groups -OCH3 is 2. The number of rotatable bonds is 2. The number of ether oxygens (including phenoxy) is 4. The Morgan fingerprint density at radius 1 is 0.933 bits per heavy atom. The molecule has 0 aliphatic heterocycles. The molecule has 4 rings (SSSR count). The summed E-state index contributed by atoms with van der Waals surface area (Å²) in [7, 11) is 2.62. The van der Waals surface area contributed by atoms with Gasteiger partial charge in [0.25, 0.3) is 0 Å². The second-order valence-corrected chi connectivity index (χ2v) is 9.79. The van der Waals surface area contributed by atoms with Crippen molar-refractivity contribution < 1.29 is 33.3 Å². The van der Waals surface area contributed by atoms with Crippen molar-refractivity contribution in [3.05, 3.63) is 11.6 Å². The monoisotopic (exact) mass is 420 g/mol. The van der Waals surface area contributed by atoms with Crippen LogP contribution in [0.15, 0.2) is 11.6 Å². The summed E-state index contributed by atoms with van der Waals surface area (Å²) in [5, 5.41) is 0. The van der Waals surface area contributed by atoms with E-state index in [1.54, 1.807) is 0 Å². The minimum atomic E-state index is -0.700. The Morgan fingerprint density at radius 3 is 2.27 bits per heavy atom. The molecule has 7 heteroatoms. The Balaban J connectivity index is 1.69. The van der Waals surface area contributed by atoms with Gasteiger partial charge in [0.2, 0.25) is 0 Å². The fourth-order valence-corrected chi connectivity index (χ4v) is 6.92. The summed E-state index contributed by atoms with van der Waals surface area (Å²) < 4.78 is 20.6. The smallest absolute Gasteiger partial charge is 0.438 e. The first-order valence-corrected chi connectivity index (χ1v) is 11.0. The van der Waals surface area contributed by atoms with Gasteiger partial charge in [-0.05, 0) is 55.4 Å². The first-order valence-electron chi connectivity index (χ1n) is 11.0. The van der Waals surface area contributed by atoms with Crippen LogP contribution in [-0.2, 0) is 23.7 Å². The maximum Gasteiger partial charge on any atom is 0.508 e. The van der Waals surface area contributed by atoms with E-state index in [-0.39, 0.29) is 28.8 Å². The minimum Gasteiger partial charge on any atom is -0.438 e. The summed E-state index contributed by atoms with van der Waals surface area (Å²) >= 11 is 0. The summed E-state index contributed by atoms with van der Waals surface area (Å²) in [6, 6.07) is 0. The Labute approximate surface area is 177 Å². The Morgan fingerprint density at radius 2 is 1.57 bits per heavy atom. The van der Waals surface area contributed by atoms with Crippen LogP contribution in [0.1, 0.15) is 58.8 Å². The zero-order valence-electron chi connectivity index (χ0n) is 18.3. The highest BCUT2D eigenvalue weighted by atomic mass is 16.7. The van der Waals surface area contributed by atoms with Crippen LogP contribution in [0, 0.1) is 28.6 Å². The first-order chi connectivity index (χ1) is 14.2. The molecular formula is C23H32O7. The van der Waals surface area contributed by atoms with Gasteiger partial charge in [-0.2, -0.15) is 0 Å². The van der Waals surface area contributed by atoms with Crippen LogP contribution >= 0.6 is 0 Å². The molecule has 0 N–H and O–H groups in total. The average molecular weight is 421 g/mol. The quantitative estimate of drug-likeness (QED) is 0.482. The van der Waals surface area contributed by atoms with Gasteiger partial charge in [-0.3, -0.25) is 4.79 Å². The molecule has 0 aromatic rings. The zero-order chi connectivity index (χ0) is 21.7. The summed E-state index contributed by atoms with van der Waals surface area (Å²) in [5.41, 5.74) is 0.792. The first kappa shape index (κ1) is 21.2. The van der Waals surface area contributed by atoms with Crippen LogP contribution in [-0.4, -0.2) is 44.5 Å². The third kappa shape index (κ3) is 3.21. The molecule has 0 saturated heterocycles. The van der Waals surface area contributed by atoms with E-state index in [4.69, 9.17) is 14.2 Å². The topological polar surface area (TPSA) is 88.1 Å². The van der Waals surface area contributed by atoms with Gasteiger partial charge in [-0.25, -0.2) is 9.59 Å². The third-order valence-electron chi connectivity index (χ3n) is 8.60. The fourth-order valence-electron chi connectivity index (χ4n) is 6.92. The van der Waals surface area contributed by atoms with E-state index in [0.29, 0.717) is 24.5 Å². The maximum absolute atomic E-state index is 12.7. The van der Waals surface area contributed by atoms with Crippen molar-refractivity contribution in [1.29, 1.82) is 0 Å². The van der Waals surface area contributed by atoms with Crippen molar-refractivity contribution in [3.63, 3.8) is 0 Å². The van der Waals surface area contributed by atoms with Crippen LogP contribution in [0.5, 0.6) is 0 Å². The lowest BCUT2D eigenvalue weighted by atomic mass is 9.47. The van der Waals surface area contributed by atoms with E-state index in [0.717, 1.165) is 32.1 Å². The summed E-state index contributed by atoms with van der Waals surface area (Å²) in [6.07, 6.45) is 5.56. The molecule has 0 spiro atoms. The van der Waals surface area contributed by atoms with E-state index in [9.17, 15) is 14.4 Å². The lowest BCUT2D eigenvalue weighted by molar-refractivity contribution is -0.136. The van der Waals surface area contributed by atoms with E-state index >= 15 is 0 Å². The predicted octanol–water partition coefficient (Wildman–Crippen LogP) is 4.43. The van der Waals surface area contributed by atoms with E-state index < -0.39 is 18.4 Å². The fraction of sp³-hybridized carbons (Fsp3) is 0.783. The van der Waals surface area contributed by atoms with Gasteiger partial charge in [-0.15, -0.1) is 0 Å². The van der Waals surface area contributed by atoms with Crippen molar-refractivity contribution in [1.82, 2.24) is 0 Å². The second kappa shape index (κ2) is 7.57. The molecule has 0 radical (unpaired) electrons. The largest absolute Gasteiger partial charge is 0.508 e. The van der Waals surface area contributed by atoms with E-state index in [1.165, 1.54) is 19.8 Å². The number of hydrogen-bond donors (Lipinski definition) is 0. The highest BCUT2D eigenvalue weighted by Crippen LogP contribution is 2.64. The van der Waals surface area contributed by atoms with Crippen molar-refractivity contribution in [3.8, 4) is 0 Å². The maximum atomic E-state index is 12.7. The van der Waals surface area contributed by atoms with Crippen LogP contribution in [0.3, 0.4) is 0 Å². The number of carbonyl (C=O) groups is 3. The number of Topliss-reactive ketones (excluding diaryl/α,β-unsaturated/α-hetero) is 1. The van der Waals surface area contributed by atoms with Crippen molar-refractivity contribution in [2.75, 3.05) is 14.2 Å². The molecule has 0 bridgehead atoms. The molecule has 0 amide bonds. The zero-order valence-corrected chi connectivity index (χ0v) is 18.3. The van der Waals surface area contributed by atoms with Gasteiger partial charge < -0.3 is 18.9 Å². The van der Waals surface area contributed by atoms with Crippen LogP contribution in [0.2, 0.25) is 0 Å². The Hall–Kier alpha value is -2.05. The van der Waals surface area contributed by atoms with Gasteiger partial charge in [0.1, 0.15) is 18.0 Å². The Kier molecular flexibility index (Phi) is 5.35. The minimum absolute atomic E-state index is 0.0520. The Bertz CT molecular complexity index is 774. The normalized spacial score (nSPS) is 42.2. The van der Waals surface area contributed by atoms with Crippen molar-refractivity contribution in [2.24, 2.45) is 28.6 Å². The van der Waals surface area contributed by atoms with Crippen LogP contribution < -0.4 is 0 Å². The van der Waals surface area contributed by atoms with Gasteiger partial charge in [0.05, 0.1) is 14.2 Å². The summed E-state index contributed by atoms with van der Waals surface area (Å²) in [4.78, 5) is 36.4. The molecule has 4 aliphatic carbocycles. The van der Waals surface area contributed by atoms with Crippen molar-refractivity contribution in [2.45, 2.75) is 71.0 Å². The molecule has 7 nitrogen and oxygen atoms in total. The molecule has 4 aliphatic rings. The van der Waals surface area contributed by atoms with E-state index in [2.05, 4.69) is 24.7 Å². The lowest BCUT2D eigenvalue weighted by Crippen LogP contribution is -2.55. The third-order valence-corrected chi connectivity index (χ3v) is 8.60. The molecule has 0 heterocycles. The summed E-state index contributed by atoms with van der Waals surface area (Å²) in [5.74, 6) is 0.964. The van der Waals surface area contributed by atoms with Gasteiger partial charge in [-0.1, -0.05) is 19.4 Å². The molecule has 0 aromatic heterocycles.